The molecule has 1 N–H and O–H groups in total. The number of methoxy groups -OCH3 is 3. The molecule has 0 heterocycles. The smallest absolute Gasteiger partial charge is 0.271 e. The molecule has 0 atom stereocenters. The third-order valence-corrected chi connectivity index (χ3v) is 3.47. The molecular weight excluding hydrogens is 332 g/mol. The average molecular weight is 349 g/mol. The summed E-state index contributed by atoms with van der Waals surface area (Å²) in [6, 6.07) is 10.1. The molecule has 7 heteroatoms. The number of benzene rings is 2. The normalized spacial score (nSPS) is 10.5. The van der Waals surface area contributed by atoms with Crippen LogP contribution >= 0.6 is 11.6 Å². The van der Waals surface area contributed by atoms with E-state index in [0.717, 1.165) is 0 Å². The highest BCUT2D eigenvalue weighted by molar-refractivity contribution is 6.32. The molecule has 0 spiro atoms. The summed E-state index contributed by atoms with van der Waals surface area (Å²) in [4.78, 5) is 12.0. The highest BCUT2D eigenvalue weighted by atomic mass is 35.5. The van der Waals surface area contributed by atoms with E-state index in [4.69, 9.17) is 25.8 Å². The third-order valence-electron chi connectivity index (χ3n) is 3.19. The minimum atomic E-state index is -0.333. The molecule has 6 nitrogen and oxygen atoms in total. The van der Waals surface area contributed by atoms with Crippen LogP contribution in [-0.2, 0) is 0 Å². The Kier molecular flexibility index (Phi) is 6.03. The highest BCUT2D eigenvalue weighted by Crippen LogP contribution is 2.35. The van der Waals surface area contributed by atoms with Crippen LogP contribution in [0.4, 0.5) is 0 Å². The van der Waals surface area contributed by atoms with Gasteiger partial charge in [0.2, 0.25) is 0 Å². The van der Waals surface area contributed by atoms with E-state index in [2.05, 4.69) is 10.5 Å². The number of rotatable bonds is 6. The van der Waals surface area contributed by atoms with E-state index in [1.165, 1.54) is 20.4 Å². The van der Waals surface area contributed by atoms with Gasteiger partial charge in [-0.15, -0.1) is 0 Å². The van der Waals surface area contributed by atoms with Gasteiger partial charge >= 0.3 is 0 Å². The summed E-state index contributed by atoms with van der Waals surface area (Å²) in [5.41, 5.74) is 3.58. The molecule has 126 valence electrons. The van der Waals surface area contributed by atoms with Crippen molar-refractivity contribution >= 4 is 23.7 Å². The second-order valence-electron chi connectivity index (χ2n) is 4.67. The Bertz CT molecular complexity index is 745. The molecule has 0 aromatic heterocycles. The van der Waals surface area contributed by atoms with E-state index in [9.17, 15) is 4.79 Å². The molecule has 2 rings (SSSR count). The lowest BCUT2D eigenvalue weighted by molar-refractivity contribution is 0.0955. The van der Waals surface area contributed by atoms with Gasteiger partial charge in [-0.05, 0) is 42.0 Å². The highest BCUT2D eigenvalue weighted by Gasteiger charge is 2.10. The molecule has 0 saturated carbocycles. The Balaban J connectivity index is 2.08. The molecule has 0 saturated heterocycles. The van der Waals surface area contributed by atoms with Crippen LogP contribution in [0.25, 0.3) is 0 Å². The van der Waals surface area contributed by atoms with E-state index >= 15 is 0 Å². The van der Waals surface area contributed by atoms with Crippen molar-refractivity contribution in [1.82, 2.24) is 5.43 Å². The summed E-state index contributed by atoms with van der Waals surface area (Å²) >= 11 is 6.11. The first kappa shape index (κ1) is 17.6. The van der Waals surface area contributed by atoms with Crippen LogP contribution < -0.4 is 19.6 Å². The van der Waals surface area contributed by atoms with Gasteiger partial charge in [-0.3, -0.25) is 4.79 Å². The molecular formula is C17H17ClN2O4. The molecule has 0 aliphatic carbocycles. The fourth-order valence-electron chi connectivity index (χ4n) is 1.98. The van der Waals surface area contributed by atoms with Crippen LogP contribution in [0.2, 0.25) is 5.02 Å². The van der Waals surface area contributed by atoms with E-state index < -0.39 is 0 Å². The minimum Gasteiger partial charge on any atom is -0.497 e. The molecule has 0 bridgehead atoms. The number of hydrogen-bond acceptors (Lipinski definition) is 5. The third kappa shape index (κ3) is 4.17. The topological polar surface area (TPSA) is 69.2 Å². The standard InChI is InChI=1S/C17H17ClN2O4/c1-22-13-6-4-12(5-7-13)17(21)20-19-10-11-8-14(18)16(24-3)15(9-11)23-2/h4-10H,1-3H3,(H,20,21)/b19-10+. The lowest BCUT2D eigenvalue weighted by Gasteiger charge is -2.09. The number of amides is 1. The summed E-state index contributed by atoms with van der Waals surface area (Å²) < 4.78 is 15.4. The van der Waals surface area contributed by atoms with E-state index in [1.807, 2.05) is 0 Å². The predicted octanol–water partition coefficient (Wildman–Crippen LogP) is 3.13. The van der Waals surface area contributed by atoms with Crippen LogP contribution in [0.3, 0.4) is 0 Å². The number of nitrogens with one attached hydrogen (secondary N) is 1. The van der Waals surface area contributed by atoms with E-state index in [1.54, 1.807) is 43.5 Å². The molecule has 2 aromatic rings. The second-order valence-corrected chi connectivity index (χ2v) is 5.07. The van der Waals surface area contributed by atoms with Gasteiger partial charge in [0.25, 0.3) is 5.91 Å². The largest absolute Gasteiger partial charge is 0.497 e. The van der Waals surface area contributed by atoms with Crippen molar-refractivity contribution in [3.05, 3.63) is 52.5 Å². The van der Waals surface area contributed by atoms with Crippen LogP contribution in [0, 0.1) is 0 Å². The van der Waals surface area contributed by atoms with Crippen molar-refractivity contribution in [2.24, 2.45) is 5.10 Å². The van der Waals surface area contributed by atoms with Gasteiger partial charge in [-0.25, -0.2) is 5.43 Å². The summed E-state index contributed by atoms with van der Waals surface area (Å²) in [6.45, 7) is 0. The van der Waals surface area contributed by atoms with Crippen molar-refractivity contribution in [3.8, 4) is 17.2 Å². The Morgan fingerprint density at radius 1 is 1.08 bits per heavy atom. The number of hydrogen-bond donors (Lipinski definition) is 1. The number of carbonyl (C=O) groups is 1. The van der Waals surface area contributed by atoms with E-state index in [-0.39, 0.29) is 5.91 Å². The van der Waals surface area contributed by atoms with Crippen LogP contribution in [0.1, 0.15) is 15.9 Å². The Morgan fingerprint density at radius 3 is 2.38 bits per heavy atom. The van der Waals surface area contributed by atoms with Gasteiger partial charge in [-0.1, -0.05) is 11.6 Å². The van der Waals surface area contributed by atoms with Crippen molar-refractivity contribution in [1.29, 1.82) is 0 Å². The molecule has 1 amide bonds. The fourth-order valence-corrected chi connectivity index (χ4v) is 2.28. The fraction of sp³-hybridized carbons (Fsp3) is 0.176. The number of ether oxygens (including phenoxy) is 3. The van der Waals surface area contributed by atoms with Gasteiger partial charge in [0.05, 0.1) is 32.6 Å². The summed E-state index contributed by atoms with van der Waals surface area (Å²) in [5, 5.41) is 4.31. The zero-order valence-corrected chi connectivity index (χ0v) is 14.3. The summed E-state index contributed by atoms with van der Waals surface area (Å²) in [6.07, 6.45) is 1.47. The quantitative estimate of drug-likeness (QED) is 0.643. The number of carbonyl (C=O) groups excluding carboxylic acids is 1. The molecule has 24 heavy (non-hydrogen) atoms. The second kappa shape index (κ2) is 8.21. The van der Waals surface area contributed by atoms with E-state index in [0.29, 0.717) is 33.4 Å². The lowest BCUT2D eigenvalue weighted by atomic mass is 10.2. The first-order chi connectivity index (χ1) is 11.6. The number of nitrogens with zero attached hydrogens (tertiary/aromatic N) is 1. The molecule has 0 aliphatic rings. The minimum absolute atomic E-state index is 0.333. The van der Waals surface area contributed by atoms with Crippen LogP contribution in [0.15, 0.2) is 41.5 Å². The predicted molar refractivity (Wildman–Crippen MR) is 92.6 cm³/mol. The van der Waals surface area contributed by atoms with Crippen molar-refractivity contribution in [3.63, 3.8) is 0 Å². The van der Waals surface area contributed by atoms with Gasteiger partial charge in [0.1, 0.15) is 5.75 Å². The molecule has 0 fully saturated rings. The van der Waals surface area contributed by atoms with Gasteiger partial charge in [0, 0.05) is 5.56 Å². The zero-order chi connectivity index (χ0) is 17.5. The number of halogens is 1. The summed E-state index contributed by atoms with van der Waals surface area (Å²) in [5.74, 6) is 1.27. The van der Waals surface area contributed by atoms with Gasteiger partial charge in [0.15, 0.2) is 11.5 Å². The van der Waals surface area contributed by atoms with Crippen LogP contribution in [0.5, 0.6) is 17.2 Å². The lowest BCUT2D eigenvalue weighted by Crippen LogP contribution is -2.17. The Morgan fingerprint density at radius 2 is 1.79 bits per heavy atom. The SMILES string of the molecule is COc1ccc(C(=O)N/N=C/c2cc(Cl)c(OC)c(OC)c2)cc1. The molecule has 0 radical (unpaired) electrons. The number of hydrazone groups is 1. The maximum Gasteiger partial charge on any atom is 0.271 e. The maximum absolute atomic E-state index is 12.0. The van der Waals surface area contributed by atoms with Crippen molar-refractivity contribution in [2.75, 3.05) is 21.3 Å². The Labute approximate surface area is 145 Å². The van der Waals surface area contributed by atoms with Gasteiger partial charge in [-0.2, -0.15) is 5.10 Å². The van der Waals surface area contributed by atoms with Gasteiger partial charge < -0.3 is 14.2 Å². The molecule has 0 aliphatic heterocycles. The Hall–Kier alpha value is -2.73. The van der Waals surface area contributed by atoms with Crippen LogP contribution in [-0.4, -0.2) is 33.5 Å². The molecule has 0 unspecified atom stereocenters. The summed E-state index contributed by atoms with van der Waals surface area (Å²) in [7, 11) is 4.58. The molecule has 2 aromatic carbocycles. The zero-order valence-electron chi connectivity index (χ0n) is 13.5. The first-order valence-electron chi connectivity index (χ1n) is 6.98. The first-order valence-corrected chi connectivity index (χ1v) is 7.35. The monoisotopic (exact) mass is 348 g/mol. The maximum atomic E-state index is 12.0. The van der Waals surface area contributed by atoms with Crippen molar-refractivity contribution < 1.29 is 19.0 Å². The van der Waals surface area contributed by atoms with Crippen molar-refractivity contribution in [2.45, 2.75) is 0 Å². The average Bonchev–Trinajstić information content (AvgIpc) is 2.61.